The zero-order valence-electron chi connectivity index (χ0n) is 12.4. The van der Waals surface area contributed by atoms with Crippen molar-refractivity contribution in [3.8, 4) is 5.88 Å². The van der Waals surface area contributed by atoms with E-state index in [9.17, 15) is 9.18 Å². The summed E-state index contributed by atoms with van der Waals surface area (Å²) in [5.41, 5.74) is 2.21. The predicted octanol–water partition coefficient (Wildman–Crippen LogP) is 2.38. The van der Waals surface area contributed by atoms with Crippen molar-refractivity contribution >= 4 is 5.91 Å². The highest BCUT2D eigenvalue weighted by atomic mass is 19.1. The number of methoxy groups -OCH3 is 1. The molecule has 0 spiro atoms. The highest BCUT2D eigenvalue weighted by molar-refractivity contribution is 5.92. The molecule has 0 N–H and O–H groups in total. The number of ether oxygens (including phenoxy) is 1. The van der Waals surface area contributed by atoms with Crippen LogP contribution < -0.4 is 4.74 Å². The Morgan fingerprint density at radius 3 is 2.82 bits per heavy atom. The number of aromatic nitrogens is 2. The van der Waals surface area contributed by atoms with Gasteiger partial charge in [0.15, 0.2) is 5.69 Å². The molecule has 1 unspecified atom stereocenters. The van der Waals surface area contributed by atoms with Gasteiger partial charge < -0.3 is 9.64 Å². The minimum Gasteiger partial charge on any atom is -0.480 e. The summed E-state index contributed by atoms with van der Waals surface area (Å²) in [4.78, 5) is 14.3. The van der Waals surface area contributed by atoms with E-state index < -0.39 is 0 Å². The number of nitrogens with zero attached hydrogens (tertiary/aromatic N) is 3. The Morgan fingerprint density at radius 2 is 2.14 bits per heavy atom. The molecule has 0 radical (unpaired) electrons. The molecule has 6 heteroatoms. The van der Waals surface area contributed by atoms with Crippen molar-refractivity contribution in [2.24, 2.45) is 0 Å². The molecule has 0 fully saturated rings. The lowest BCUT2D eigenvalue weighted by atomic mass is 9.93. The first-order valence-corrected chi connectivity index (χ1v) is 7.07. The zero-order valence-corrected chi connectivity index (χ0v) is 12.4. The Kier molecular flexibility index (Phi) is 3.75. The number of halogens is 1. The average Bonchev–Trinajstić information content (AvgIpc) is 2.54. The molecule has 22 heavy (non-hydrogen) atoms. The summed E-state index contributed by atoms with van der Waals surface area (Å²) in [6.45, 7) is 2.47. The summed E-state index contributed by atoms with van der Waals surface area (Å²) in [7, 11) is 1.49. The minimum absolute atomic E-state index is 0.124. The second-order valence-corrected chi connectivity index (χ2v) is 5.23. The summed E-state index contributed by atoms with van der Waals surface area (Å²) < 4.78 is 18.2. The first-order chi connectivity index (χ1) is 10.6. The molecule has 1 aromatic heterocycles. The van der Waals surface area contributed by atoms with Crippen LogP contribution in [0.1, 0.15) is 34.6 Å². The summed E-state index contributed by atoms with van der Waals surface area (Å²) in [6, 6.07) is 7.80. The molecule has 3 rings (SSSR count). The fourth-order valence-electron chi connectivity index (χ4n) is 2.77. The van der Waals surface area contributed by atoms with Gasteiger partial charge in [-0.25, -0.2) is 4.39 Å². The van der Waals surface area contributed by atoms with E-state index >= 15 is 0 Å². The highest BCUT2D eigenvalue weighted by Crippen LogP contribution is 2.30. The van der Waals surface area contributed by atoms with Gasteiger partial charge in [-0.15, -0.1) is 10.2 Å². The van der Waals surface area contributed by atoms with Crippen molar-refractivity contribution in [1.82, 2.24) is 15.1 Å². The lowest BCUT2D eigenvalue weighted by Crippen LogP contribution is -2.39. The van der Waals surface area contributed by atoms with E-state index in [0.717, 1.165) is 11.1 Å². The molecule has 0 saturated heterocycles. The number of carbonyl (C=O) groups excluding carboxylic acids is 1. The maximum absolute atomic E-state index is 13.3. The Bertz CT molecular complexity index is 703. The van der Waals surface area contributed by atoms with Crippen LogP contribution in [-0.4, -0.2) is 34.7 Å². The maximum Gasteiger partial charge on any atom is 0.274 e. The van der Waals surface area contributed by atoms with Crippen LogP contribution in [0.2, 0.25) is 0 Å². The normalized spacial score (nSPS) is 17.0. The van der Waals surface area contributed by atoms with Crippen molar-refractivity contribution in [3.05, 3.63) is 53.0 Å². The Balaban J connectivity index is 1.86. The number of fused-ring (bicyclic) bond motifs is 1. The summed E-state index contributed by atoms with van der Waals surface area (Å²) in [5, 5.41) is 7.73. The van der Waals surface area contributed by atoms with Crippen LogP contribution in [0.5, 0.6) is 5.88 Å². The third-order valence-electron chi connectivity index (χ3n) is 3.97. The van der Waals surface area contributed by atoms with E-state index in [2.05, 4.69) is 10.2 Å². The summed E-state index contributed by atoms with van der Waals surface area (Å²) in [6.07, 6.45) is 0.632. The smallest absolute Gasteiger partial charge is 0.274 e. The number of hydrogen-bond donors (Lipinski definition) is 0. The molecular weight excluding hydrogens is 285 g/mol. The van der Waals surface area contributed by atoms with Crippen LogP contribution in [-0.2, 0) is 6.42 Å². The van der Waals surface area contributed by atoms with Gasteiger partial charge in [-0.1, -0.05) is 6.07 Å². The molecule has 0 aliphatic carbocycles. The molecule has 2 heterocycles. The monoisotopic (exact) mass is 301 g/mol. The van der Waals surface area contributed by atoms with Crippen LogP contribution in [0.3, 0.4) is 0 Å². The maximum atomic E-state index is 13.3. The van der Waals surface area contributed by atoms with E-state index in [-0.39, 0.29) is 23.5 Å². The first-order valence-electron chi connectivity index (χ1n) is 7.07. The van der Waals surface area contributed by atoms with Gasteiger partial charge in [0.05, 0.1) is 13.2 Å². The molecule has 1 atom stereocenters. The number of amides is 1. The molecule has 5 nitrogen and oxygen atoms in total. The molecule has 1 amide bonds. The molecular formula is C16H16FN3O2. The third-order valence-corrected chi connectivity index (χ3v) is 3.97. The van der Waals surface area contributed by atoms with Gasteiger partial charge in [0.1, 0.15) is 5.82 Å². The number of hydrogen-bond acceptors (Lipinski definition) is 4. The van der Waals surface area contributed by atoms with Gasteiger partial charge in [-0.2, -0.15) is 0 Å². The Labute approximate surface area is 127 Å². The second-order valence-electron chi connectivity index (χ2n) is 5.23. The highest BCUT2D eigenvalue weighted by Gasteiger charge is 2.29. The Morgan fingerprint density at radius 1 is 1.32 bits per heavy atom. The third kappa shape index (κ3) is 2.52. The van der Waals surface area contributed by atoms with Crippen molar-refractivity contribution in [1.29, 1.82) is 0 Å². The quantitative estimate of drug-likeness (QED) is 0.854. The second kappa shape index (κ2) is 5.71. The van der Waals surface area contributed by atoms with E-state index in [0.29, 0.717) is 18.8 Å². The van der Waals surface area contributed by atoms with Crippen LogP contribution in [0.25, 0.3) is 0 Å². The van der Waals surface area contributed by atoms with Crippen LogP contribution >= 0.6 is 0 Å². The van der Waals surface area contributed by atoms with Gasteiger partial charge in [-0.3, -0.25) is 4.79 Å². The van der Waals surface area contributed by atoms with Gasteiger partial charge in [0.25, 0.3) is 5.91 Å². The van der Waals surface area contributed by atoms with E-state index in [1.165, 1.54) is 13.2 Å². The molecule has 114 valence electrons. The van der Waals surface area contributed by atoms with E-state index in [1.807, 2.05) is 6.92 Å². The van der Waals surface area contributed by atoms with Crippen molar-refractivity contribution in [2.45, 2.75) is 19.4 Å². The largest absolute Gasteiger partial charge is 0.480 e. The molecule has 2 aromatic rings. The number of benzene rings is 1. The first kappa shape index (κ1) is 14.4. The van der Waals surface area contributed by atoms with E-state index in [1.54, 1.807) is 29.2 Å². The van der Waals surface area contributed by atoms with Crippen molar-refractivity contribution in [2.75, 3.05) is 13.7 Å². The summed E-state index contributed by atoms with van der Waals surface area (Å²) in [5.74, 6) is -0.0616. The standard InChI is InChI=1S/C16H16FN3O2/c1-10-13-4-3-12(17)9-11(13)7-8-20(10)16(21)14-5-6-15(22-2)19-18-14/h3-6,9-10H,7-8H2,1-2H3. The van der Waals surface area contributed by atoms with Crippen LogP contribution in [0, 0.1) is 5.82 Å². The van der Waals surface area contributed by atoms with Gasteiger partial charge in [-0.05, 0) is 42.7 Å². The fourth-order valence-corrected chi connectivity index (χ4v) is 2.77. The minimum atomic E-state index is -0.244. The van der Waals surface area contributed by atoms with Crippen LogP contribution in [0.4, 0.5) is 4.39 Å². The summed E-state index contributed by atoms with van der Waals surface area (Å²) >= 11 is 0. The van der Waals surface area contributed by atoms with Gasteiger partial charge in [0.2, 0.25) is 5.88 Å². The molecule has 0 bridgehead atoms. The number of carbonyl (C=O) groups is 1. The fraction of sp³-hybridized carbons (Fsp3) is 0.312. The number of rotatable bonds is 2. The van der Waals surface area contributed by atoms with Gasteiger partial charge in [0, 0.05) is 12.6 Å². The molecule has 1 aromatic carbocycles. The molecule has 0 saturated carbocycles. The lowest BCUT2D eigenvalue weighted by molar-refractivity contribution is 0.0670. The predicted molar refractivity (Wildman–Crippen MR) is 78.1 cm³/mol. The SMILES string of the molecule is COc1ccc(C(=O)N2CCc3cc(F)ccc3C2C)nn1. The lowest BCUT2D eigenvalue weighted by Gasteiger charge is -2.35. The van der Waals surface area contributed by atoms with Crippen molar-refractivity contribution in [3.63, 3.8) is 0 Å². The topological polar surface area (TPSA) is 55.3 Å². The average molecular weight is 301 g/mol. The Hall–Kier alpha value is -2.50. The molecule has 1 aliphatic heterocycles. The van der Waals surface area contributed by atoms with Gasteiger partial charge >= 0.3 is 0 Å². The van der Waals surface area contributed by atoms with Crippen LogP contribution in [0.15, 0.2) is 30.3 Å². The van der Waals surface area contributed by atoms with E-state index in [4.69, 9.17) is 4.74 Å². The molecule has 1 aliphatic rings. The van der Waals surface area contributed by atoms with Crippen molar-refractivity contribution < 1.29 is 13.9 Å². The zero-order chi connectivity index (χ0) is 15.7.